The van der Waals surface area contributed by atoms with Crippen LogP contribution in [0.1, 0.15) is 48.8 Å². The molecule has 0 fully saturated rings. The highest BCUT2D eigenvalue weighted by Crippen LogP contribution is 2.38. The molecule has 0 spiro atoms. The van der Waals surface area contributed by atoms with Gasteiger partial charge in [-0.15, -0.1) is 10.2 Å². The second-order valence-corrected chi connectivity index (χ2v) is 8.96. The summed E-state index contributed by atoms with van der Waals surface area (Å²) >= 11 is 1.54. The predicted molar refractivity (Wildman–Crippen MR) is 133 cm³/mol. The summed E-state index contributed by atoms with van der Waals surface area (Å²) in [6, 6.07) is 9.45. The zero-order valence-electron chi connectivity index (χ0n) is 20.2. The average molecular weight is 484 g/mol. The van der Waals surface area contributed by atoms with Gasteiger partial charge in [-0.05, 0) is 44.9 Å². The van der Waals surface area contributed by atoms with E-state index in [1.807, 2.05) is 6.92 Å². The molecule has 0 atom stereocenters. The molecule has 3 aromatic rings. The molecule has 180 valence electrons. The summed E-state index contributed by atoms with van der Waals surface area (Å²) in [5.41, 5.74) is 3.96. The van der Waals surface area contributed by atoms with E-state index in [9.17, 15) is 10.1 Å². The average Bonchev–Trinajstić information content (AvgIpc) is 3.19. The highest BCUT2D eigenvalue weighted by atomic mass is 32.2. The molecule has 1 aromatic heterocycles. The lowest BCUT2D eigenvalue weighted by Gasteiger charge is -2.14. The van der Waals surface area contributed by atoms with Crippen molar-refractivity contribution in [1.82, 2.24) is 14.9 Å². The van der Waals surface area contributed by atoms with Crippen LogP contribution in [-0.2, 0) is 12.2 Å². The number of nitrogens with zero attached hydrogens (tertiary/aromatic N) is 5. The first-order valence-corrected chi connectivity index (χ1v) is 11.9. The van der Waals surface area contributed by atoms with Gasteiger partial charge in [0.1, 0.15) is 0 Å². The largest absolute Gasteiger partial charge is 0.493 e. The van der Waals surface area contributed by atoms with Gasteiger partial charge >= 0.3 is 5.69 Å². The maximum absolute atomic E-state index is 11.7. The first-order chi connectivity index (χ1) is 16.2. The fourth-order valence-corrected chi connectivity index (χ4v) is 4.24. The summed E-state index contributed by atoms with van der Waals surface area (Å²) in [6.07, 6.45) is 1.94. The van der Waals surface area contributed by atoms with Crippen LogP contribution >= 0.6 is 11.8 Å². The van der Waals surface area contributed by atoms with Gasteiger partial charge in [0.15, 0.2) is 11.6 Å². The van der Waals surface area contributed by atoms with E-state index in [4.69, 9.17) is 9.47 Å². The third-order valence-corrected chi connectivity index (χ3v) is 5.97. The molecule has 9 nitrogen and oxygen atoms in total. The normalized spacial score (nSPS) is 11.4. The van der Waals surface area contributed by atoms with Crippen LogP contribution in [0.3, 0.4) is 0 Å². The molecule has 1 heterocycles. The smallest absolute Gasteiger partial charge is 0.315 e. The minimum atomic E-state index is -0.487. The summed E-state index contributed by atoms with van der Waals surface area (Å²) in [7, 11) is 1.45. The Balaban J connectivity index is 1.93. The number of nitro groups is 1. The zero-order chi connectivity index (χ0) is 24.8. The second kappa shape index (κ2) is 11.1. The lowest BCUT2D eigenvalue weighted by atomic mass is 10.1. The lowest BCUT2D eigenvalue weighted by molar-refractivity contribution is -0.386. The van der Waals surface area contributed by atoms with E-state index in [0.717, 1.165) is 5.75 Å². The van der Waals surface area contributed by atoms with E-state index < -0.39 is 4.92 Å². The molecule has 3 rings (SSSR count). The van der Waals surface area contributed by atoms with Crippen LogP contribution in [0.5, 0.6) is 11.5 Å². The van der Waals surface area contributed by atoms with Gasteiger partial charge in [0.05, 0.1) is 24.4 Å². The second-order valence-electron chi connectivity index (χ2n) is 8.02. The Morgan fingerprint density at radius 1 is 1.24 bits per heavy atom. The Hall–Kier alpha value is -3.40. The molecule has 34 heavy (non-hydrogen) atoms. The highest BCUT2D eigenvalue weighted by molar-refractivity contribution is 7.98. The topological polar surface area (TPSA) is 105 Å². The number of nitro benzene ring substituents is 1. The van der Waals surface area contributed by atoms with Crippen LogP contribution in [0.15, 0.2) is 40.6 Å². The van der Waals surface area contributed by atoms with E-state index in [-0.39, 0.29) is 23.3 Å². The lowest BCUT2D eigenvalue weighted by Crippen LogP contribution is -2.09. The Morgan fingerprint density at radius 2 is 2.00 bits per heavy atom. The Bertz CT molecular complexity index is 1210. The number of benzene rings is 2. The maximum atomic E-state index is 11.7. The first kappa shape index (κ1) is 25.2. The van der Waals surface area contributed by atoms with Crippen molar-refractivity contribution in [2.45, 2.75) is 58.1 Å². The molecule has 0 aliphatic rings. The van der Waals surface area contributed by atoms with Crippen molar-refractivity contribution in [1.29, 1.82) is 0 Å². The standard InChI is InChI=1S/C24H29N5O4S/c1-7-22-26-27-24(34-14-19-10-16(4)8-9-17(19)5)28(22)25-13-18-11-20(29(30)31)23(33-15(2)3)21(12-18)32-6/h8-13,15H,7,14H2,1-6H3/b25-13-. The van der Waals surface area contributed by atoms with Crippen molar-refractivity contribution in [2.24, 2.45) is 5.10 Å². The number of thioether (sulfide) groups is 1. The number of hydrogen-bond acceptors (Lipinski definition) is 8. The zero-order valence-corrected chi connectivity index (χ0v) is 21.0. The van der Waals surface area contributed by atoms with Gasteiger partial charge in [-0.2, -0.15) is 9.78 Å². The minimum Gasteiger partial charge on any atom is -0.493 e. The van der Waals surface area contributed by atoms with Gasteiger partial charge in [0.25, 0.3) is 0 Å². The number of rotatable bonds is 10. The van der Waals surface area contributed by atoms with E-state index in [0.29, 0.717) is 23.0 Å². The molecule has 0 N–H and O–H groups in total. The fourth-order valence-electron chi connectivity index (χ4n) is 3.27. The third kappa shape index (κ3) is 5.93. The summed E-state index contributed by atoms with van der Waals surface area (Å²) in [6.45, 7) is 9.73. The van der Waals surface area contributed by atoms with Crippen LogP contribution in [0, 0.1) is 24.0 Å². The molecule has 0 aliphatic heterocycles. The van der Waals surface area contributed by atoms with Crippen molar-refractivity contribution in [2.75, 3.05) is 7.11 Å². The van der Waals surface area contributed by atoms with E-state index >= 15 is 0 Å². The van der Waals surface area contributed by atoms with Crippen molar-refractivity contribution < 1.29 is 14.4 Å². The summed E-state index contributed by atoms with van der Waals surface area (Å²) in [5.74, 6) is 1.79. The van der Waals surface area contributed by atoms with Gasteiger partial charge in [0.2, 0.25) is 10.9 Å². The molecule has 0 saturated heterocycles. The molecule has 0 aliphatic carbocycles. The first-order valence-electron chi connectivity index (χ1n) is 10.9. The molecule has 2 aromatic carbocycles. The fraction of sp³-hybridized carbons (Fsp3) is 0.375. The molecular weight excluding hydrogens is 454 g/mol. The van der Waals surface area contributed by atoms with Gasteiger partial charge in [0, 0.05) is 23.8 Å². The molecule has 0 amide bonds. The number of aromatic nitrogens is 3. The Morgan fingerprint density at radius 3 is 2.65 bits per heavy atom. The molecule has 0 bridgehead atoms. The summed E-state index contributed by atoms with van der Waals surface area (Å²) in [5, 5.41) is 25.4. The Kier molecular flexibility index (Phi) is 8.27. The molecular formula is C24H29N5O4S. The quantitative estimate of drug-likeness (QED) is 0.166. The van der Waals surface area contributed by atoms with Gasteiger partial charge in [-0.3, -0.25) is 10.1 Å². The SMILES string of the molecule is CCc1nnc(SCc2cc(C)ccc2C)n1/N=C\c1cc(OC)c(OC(C)C)c([N+](=O)[O-])c1. The monoisotopic (exact) mass is 483 g/mol. The van der Waals surface area contributed by atoms with Crippen molar-refractivity contribution in [3.05, 3.63) is 68.5 Å². The number of ether oxygens (including phenoxy) is 2. The van der Waals surface area contributed by atoms with E-state index in [2.05, 4.69) is 47.3 Å². The molecule has 10 heteroatoms. The van der Waals surface area contributed by atoms with Crippen molar-refractivity contribution in [3.8, 4) is 11.5 Å². The van der Waals surface area contributed by atoms with Crippen molar-refractivity contribution >= 4 is 23.7 Å². The molecule has 0 saturated carbocycles. The Labute approximate surface area is 203 Å². The van der Waals surface area contributed by atoms with Gasteiger partial charge in [-0.1, -0.05) is 42.4 Å². The van der Waals surface area contributed by atoms with E-state index in [1.165, 1.54) is 29.9 Å². The van der Waals surface area contributed by atoms with Gasteiger partial charge < -0.3 is 9.47 Å². The minimum absolute atomic E-state index is 0.1000. The predicted octanol–water partition coefficient (Wildman–Crippen LogP) is 5.34. The van der Waals surface area contributed by atoms with Crippen LogP contribution in [0.25, 0.3) is 0 Å². The number of methoxy groups -OCH3 is 1. The highest BCUT2D eigenvalue weighted by Gasteiger charge is 2.23. The number of aryl methyl sites for hydroxylation is 3. The van der Waals surface area contributed by atoms with Crippen LogP contribution in [0.2, 0.25) is 0 Å². The molecule has 0 radical (unpaired) electrons. The maximum Gasteiger partial charge on any atom is 0.315 e. The summed E-state index contributed by atoms with van der Waals surface area (Å²) < 4.78 is 12.7. The number of hydrogen-bond donors (Lipinski definition) is 0. The van der Waals surface area contributed by atoms with Gasteiger partial charge in [-0.25, -0.2) is 0 Å². The van der Waals surface area contributed by atoms with Crippen LogP contribution in [-0.4, -0.2) is 39.2 Å². The summed E-state index contributed by atoms with van der Waals surface area (Å²) in [4.78, 5) is 11.2. The van der Waals surface area contributed by atoms with Crippen LogP contribution < -0.4 is 9.47 Å². The van der Waals surface area contributed by atoms with Crippen molar-refractivity contribution in [3.63, 3.8) is 0 Å². The third-order valence-electron chi connectivity index (χ3n) is 5.00. The molecule has 0 unspecified atom stereocenters. The van der Waals surface area contributed by atoms with Crippen LogP contribution in [0.4, 0.5) is 5.69 Å². The van der Waals surface area contributed by atoms with E-state index in [1.54, 1.807) is 42.6 Å².